The molecule has 6 aromatic carbocycles. The predicted octanol–water partition coefficient (Wildman–Crippen LogP) is 7.84. The normalized spacial score (nSPS) is 13.1. The van der Waals surface area contributed by atoms with Crippen molar-refractivity contribution < 1.29 is 14.9 Å². The van der Waals surface area contributed by atoms with Crippen molar-refractivity contribution in [2.24, 2.45) is 0 Å². The molecule has 0 fully saturated rings. The first-order valence-corrected chi connectivity index (χ1v) is 11.3. The van der Waals surface area contributed by atoms with Crippen LogP contribution in [0.25, 0.3) is 32.3 Å². The first kappa shape index (κ1) is 19.0. The summed E-state index contributed by atoms with van der Waals surface area (Å²) in [6.07, 6.45) is 0. The SMILES string of the molecule is Oc1ccc2ccc3c(c2c1)C(c1cccc2ccccc12)c1c(ccc2ccc(O)cc12)O3. The van der Waals surface area contributed by atoms with Gasteiger partial charge in [0.05, 0.1) is 0 Å². The van der Waals surface area contributed by atoms with Crippen LogP contribution in [-0.4, -0.2) is 10.2 Å². The number of benzene rings is 6. The van der Waals surface area contributed by atoms with Gasteiger partial charge in [-0.2, -0.15) is 0 Å². The van der Waals surface area contributed by atoms with E-state index in [0.29, 0.717) is 0 Å². The average Bonchev–Trinajstić information content (AvgIpc) is 2.86. The molecule has 2 N–H and O–H groups in total. The molecule has 7 rings (SSSR count). The highest BCUT2D eigenvalue weighted by Crippen LogP contribution is 2.53. The fraction of sp³-hybridized carbons (Fsp3) is 0.0323. The Bertz CT molecular complexity index is 1670. The zero-order valence-electron chi connectivity index (χ0n) is 18.2. The van der Waals surface area contributed by atoms with Gasteiger partial charge in [-0.25, -0.2) is 0 Å². The first-order valence-electron chi connectivity index (χ1n) is 11.3. The number of phenols is 2. The molecule has 34 heavy (non-hydrogen) atoms. The van der Waals surface area contributed by atoms with Gasteiger partial charge in [-0.05, 0) is 74.3 Å². The van der Waals surface area contributed by atoms with Gasteiger partial charge in [-0.15, -0.1) is 0 Å². The van der Waals surface area contributed by atoms with Crippen LogP contribution in [0.1, 0.15) is 22.6 Å². The number of aromatic hydroxyl groups is 2. The molecule has 0 unspecified atom stereocenters. The number of hydrogen-bond acceptors (Lipinski definition) is 3. The first-order chi connectivity index (χ1) is 16.7. The van der Waals surface area contributed by atoms with Gasteiger partial charge in [0.1, 0.15) is 23.0 Å². The molecule has 0 aromatic heterocycles. The molecule has 0 aliphatic carbocycles. The smallest absolute Gasteiger partial charge is 0.132 e. The minimum atomic E-state index is -0.152. The second-order valence-electron chi connectivity index (χ2n) is 8.87. The fourth-order valence-corrected chi connectivity index (χ4v) is 5.47. The summed E-state index contributed by atoms with van der Waals surface area (Å²) in [6, 6.07) is 33.9. The molecular weight excluding hydrogens is 420 g/mol. The Morgan fingerprint density at radius 2 is 1.03 bits per heavy atom. The van der Waals surface area contributed by atoms with Gasteiger partial charge in [-0.1, -0.05) is 66.7 Å². The number of ether oxygens (including phenoxy) is 1. The number of fused-ring (bicyclic) bond motifs is 7. The van der Waals surface area contributed by atoms with Crippen molar-refractivity contribution in [1.82, 2.24) is 0 Å². The average molecular weight is 440 g/mol. The maximum absolute atomic E-state index is 10.4. The maximum atomic E-state index is 10.4. The Hall–Kier alpha value is -4.50. The van der Waals surface area contributed by atoms with Gasteiger partial charge in [-0.3, -0.25) is 0 Å². The van der Waals surface area contributed by atoms with Crippen LogP contribution in [0.2, 0.25) is 0 Å². The van der Waals surface area contributed by atoms with E-state index in [1.54, 1.807) is 12.1 Å². The lowest BCUT2D eigenvalue weighted by Crippen LogP contribution is -2.13. The lowest BCUT2D eigenvalue weighted by atomic mass is 9.77. The molecule has 0 spiro atoms. The third-order valence-electron chi connectivity index (χ3n) is 6.95. The zero-order chi connectivity index (χ0) is 22.8. The van der Waals surface area contributed by atoms with Gasteiger partial charge >= 0.3 is 0 Å². The zero-order valence-corrected chi connectivity index (χ0v) is 18.2. The summed E-state index contributed by atoms with van der Waals surface area (Å²) in [5.41, 5.74) is 3.21. The second-order valence-corrected chi connectivity index (χ2v) is 8.87. The van der Waals surface area contributed by atoms with Crippen molar-refractivity contribution in [2.75, 3.05) is 0 Å². The maximum Gasteiger partial charge on any atom is 0.132 e. The quantitative estimate of drug-likeness (QED) is 0.273. The molecule has 0 amide bonds. The monoisotopic (exact) mass is 440 g/mol. The van der Waals surface area contributed by atoms with Crippen LogP contribution in [0.4, 0.5) is 0 Å². The van der Waals surface area contributed by atoms with Crippen molar-refractivity contribution in [2.45, 2.75) is 5.92 Å². The van der Waals surface area contributed by atoms with Gasteiger partial charge in [0, 0.05) is 17.0 Å². The number of phenolic OH excluding ortho intramolecular Hbond substituents is 2. The standard InChI is InChI=1S/C31H20O3/c32-21-12-8-19-10-14-27-29(25(19)16-21)31(24-7-3-5-18-4-1-2-6-23(18)24)30-26-17-22(33)13-9-20(26)11-15-28(30)34-27/h1-17,31-33H. The van der Waals surface area contributed by atoms with Gasteiger partial charge in [0.25, 0.3) is 0 Å². The number of hydrogen-bond donors (Lipinski definition) is 2. The summed E-state index contributed by atoms with van der Waals surface area (Å²) in [5, 5.41) is 27.1. The van der Waals surface area contributed by atoms with Crippen molar-refractivity contribution >= 4 is 32.3 Å². The fourth-order valence-electron chi connectivity index (χ4n) is 5.47. The van der Waals surface area contributed by atoms with E-state index in [-0.39, 0.29) is 17.4 Å². The Morgan fingerprint density at radius 3 is 1.68 bits per heavy atom. The van der Waals surface area contributed by atoms with E-state index in [1.165, 1.54) is 10.8 Å². The van der Waals surface area contributed by atoms with Crippen LogP contribution < -0.4 is 4.74 Å². The van der Waals surface area contributed by atoms with Crippen LogP contribution >= 0.6 is 0 Å². The number of rotatable bonds is 1. The second kappa shape index (κ2) is 7.00. The lowest BCUT2D eigenvalue weighted by Gasteiger charge is -2.32. The van der Waals surface area contributed by atoms with Crippen LogP contribution in [-0.2, 0) is 0 Å². The molecule has 1 aliphatic rings. The van der Waals surface area contributed by atoms with Gasteiger partial charge < -0.3 is 14.9 Å². The summed E-state index contributed by atoms with van der Waals surface area (Å²) in [6.45, 7) is 0. The summed E-state index contributed by atoms with van der Waals surface area (Å²) < 4.78 is 6.47. The van der Waals surface area contributed by atoms with Crippen LogP contribution in [0.15, 0.2) is 103 Å². The Morgan fingerprint density at radius 1 is 0.500 bits per heavy atom. The van der Waals surface area contributed by atoms with E-state index < -0.39 is 0 Å². The van der Waals surface area contributed by atoms with E-state index >= 15 is 0 Å². The van der Waals surface area contributed by atoms with E-state index in [0.717, 1.165) is 49.7 Å². The van der Waals surface area contributed by atoms with Crippen LogP contribution in [0.5, 0.6) is 23.0 Å². The largest absolute Gasteiger partial charge is 0.508 e. The Labute approximate surface area is 196 Å². The highest BCUT2D eigenvalue weighted by Gasteiger charge is 2.33. The molecule has 3 nitrogen and oxygen atoms in total. The topological polar surface area (TPSA) is 49.7 Å². The molecule has 162 valence electrons. The van der Waals surface area contributed by atoms with Crippen LogP contribution in [0.3, 0.4) is 0 Å². The van der Waals surface area contributed by atoms with Crippen LogP contribution in [0, 0.1) is 0 Å². The summed E-state index contributed by atoms with van der Waals surface area (Å²) in [4.78, 5) is 0. The highest BCUT2D eigenvalue weighted by atomic mass is 16.5. The molecule has 0 saturated carbocycles. The van der Waals surface area contributed by atoms with Crippen molar-refractivity contribution in [3.8, 4) is 23.0 Å². The summed E-state index contributed by atoms with van der Waals surface area (Å²) >= 11 is 0. The molecule has 0 bridgehead atoms. The Kier molecular flexibility index (Phi) is 3.91. The van der Waals surface area contributed by atoms with E-state index in [1.807, 2.05) is 48.5 Å². The molecule has 1 aliphatic heterocycles. The third kappa shape index (κ3) is 2.70. The molecular formula is C31H20O3. The minimum Gasteiger partial charge on any atom is -0.508 e. The molecule has 0 saturated heterocycles. The van der Waals surface area contributed by atoms with Crippen molar-refractivity contribution in [3.63, 3.8) is 0 Å². The molecule has 0 radical (unpaired) electrons. The Balaban J connectivity index is 1.67. The highest BCUT2D eigenvalue weighted by molar-refractivity contribution is 5.98. The minimum absolute atomic E-state index is 0.152. The summed E-state index contributed by atoms with van der Waals surface area (Å²) in [7, 11) is 0. The summed E-state index contributed by atoms with van der Waals surface area (Å²) in [5.74, 6) is 1.85. The molecule has 3 heteroatoms. The van der Waals surface area contributed by atoms with Gasteiger partial charge in [0.15, 0.2) is 0 Å². The van der Waals surface area contributed by atoms with E-state index in [2.05, 4.69) is 42.5 Å². The molecule has 6 aromatic rings. The van der Waals surface area contributed by atoms with Crippen molar-refractivity contribution in [1.29, 1.82) is 0 Å². The molecule has 1 heterocycles. The van der Waals surface area contributed by atoms with E-state index in [4.69, 9.17) is 4.74 Å². The third-order valence-corrected chi connectivity index (χ3v) is 6.95. The van der Waals surface area contributed by atoms with Gasteiger partial charge in [0.2, 0.25) is 0 Å². The van der Waals surface area contributed by atoms with E-state index in [9.17, 15) is 10.2 Å². The molecule has 0 atom stereocenters. The predicted molar refractivity (Wildman–Crippen MR) is 136 cm³/mol. The van der Waals surface area contributed by atoms with Crippen molar-refractivity contribution in [3.05, 3.63) is 120 Å². The lowest BCUT2D eigenvalue weighted by molar-refractivity contribution is 0.455.